The van der Waals surface area contributed by atoms with Gasteiger partial charge in [0.15, 0.2) is 0 Å². The van der Waals surface area contributed by atoms with E-state index in [1.54, 1.807) is 23.7 Å². The molecule has 2 aromatic carbocycles. The number of fused-ring (bicyclic) bond motifs is 4. The predicted octanol–water partition coefficient (Wildman–Crippen LogP) is 4.03. The van der Waals surface area contributed by atoms with E-state index in [1.807, 2.05) is 24.3 Å². The van der Waals surface area contributed by atoms with Gasteiger partial charge in [-0.2, -0.15) is 0 Å². The third-order valence-electron chi connectivity index (χ3n) is 4.89. The van der Waals surface area contributed by atoms with Crippen LogP contribution in [0.5, 0.6) is 0 Å². The maximum absolute atomic E-state index is 4.77. The van der Waals surface area contributed by atoms with Crippen molar-refractivity contribution in [2.45, 2.75) is 25.7 Å². The molecule has 1 nitrogen and oxygen atoms in total. The number of allylic oxidation sites excluding steroid dienone is 4. The molecule has 0 saturated heterocycles. The van der Waals surface area contributed by atoms with Crippen molar-refractivity contribution in [2.24, 2.45) is 0 Å². The molecule has 1 heteroatoms. The highest BCUT2D eigenvalue weighted by Crippen LogP contribution is 2.17. The van der Waals surface area contributed by atoms with Gasteiger partial charge in [-0.05, 0) is 69.8 Å². The molecule has 3 aliphatic rings. The summed E-state index contributed by atoms with van der Waals surface area (Å²) in [5, 5.41) is 5.74. The van der Waals surface area contributed by atoms with Crippen LogP contribution in [0.4, 0.5) is 0 Å². The summed E-state index contributed by atoms with van der Waals surface area (Å²) in [4.78, 5) is 0. The largest absolute Gasteiger partial charge is 0.473 e. The zero-order valence-corrected chi connectivity index (χ0v) is 14.3. The van der Waals surface area contributed by atoms with Crippen molar-refractivity contribution in [1.29, 1.82) is 0 Å². The molecule has 0 bridgehead atoms. The minimum absolute atomic E-state index is 1.10. The van der Waals surface area contributed by atoms with E-state index < -0.39 is 0 Å². The van der Waals surface area contributed by atoms with Gasteiger partial charge in [-0.1, -0.05) is 60.7 Å². The SMILES string of the molecule is C1=CC=COC=C1.C1=c2ccc3c(c2CCC1)CC=c1ccccc1=3. The molecule has 124 valence electrons. The highest BCUT2D eigenvalue weighted by Gasteiger charge is 2.10. The van der Waals surface area contributed by atoms with Crippen LogP contribution in [-0.4, -0.2) is 0 Å². The topological polar surface area (TPSA) is 9.23 Å². The second kappa shape index (κ2) is 7.40. The lowest BCUT2D eigenvalue weighted by molar-refractivity contribution is 0.404. The first kappa shape index (κ1) is 15.7. The normalized spacial score (nSPS) is 15.8. The minimum atomic E-state index is 1.10. The van der Waals surface area contributed by atoms with E-state index in [0.717, 1.165) is 6.42 Å². The van der Waals surface area contributed by atoms with Gasteiger partial charge in [-0.25, -0.2) is 0 Å². The molecular weight excluding hydrogens is 304 g/mol. The van der Waals surface area contributed by atoms with Crippen LogP contribution in [0.25, 0.3) is 12.2 Å². The number of benzene rings is 2. The molecule has 0 radical (unpaired) electrons. The lowest BCUT2D eigenvalue weighted by atomic mass is 9.89. The Morgan fingerprint density at radius 1 is 0.680 bits per heavy atom. The molecule has 0 N–H and O–H groups in total. The second-order valence-corrected chi connectivity index (χ2v) is 6.43. The first-order chi connectivity index (χ1) is 12.4. The third-order valence-corrected chi connectivity index (χ3v) is 4.89. The number of rotatable bonds is 0. The van der Waals surface area contributed by atoms with Gasteiger partial charge in [0.05, 0.1) is 12.5 Å². The zero-order valence-electron chi connectivity index (χ0n) is 14.3. The molecule has 0 fully saturated rings. The Morgan fingerprint density at radius 2 is 1.52 bits per heavy atom. The highest BCUT2D eigenvalue weighted by molar-refractivity contribution is 5.47. The van der Waals surface area contributed by atoms with Crippen molar-refractivity contribution in [3.63, 3.8) is 0 Å². The summed E-state index contributed by atoms with van der Waals surface area (Å²) in [6, 6.07) is 13.4. The molecule has 0 atom stereocenters. The van der Waals surface area contributed by atoms with Crippen LogP contribution in [0, 0.1) is 10.4 Å². The van der Waals surface area contributed by atoms with Crippen LogP contribution in [0.1, 0.15) is 24.0 Å². The average molecular weight is 326 g/mol. The van der Waals surface area contributed by atoms with Gasteiger partial charge >= 0.3 is 0 Å². The molecule has 2 aliphatic carbocycles. The number of hydrogen-bond acceptors (Lipinski definition) is 1. The minimum Gasteiger partial charge on any atom is -0.473 e. The lowest BCUT2D eigenvalue weighted by Crippen LogP contribution is -2.19. The predicted molar refractivity (Wildman–Crippen MR) is 104 cm³/mol. The van der Waals surface area contributed by atoms with Crippen LogP contribution in [0.2, 0.25) is 0 Å². The van der Waals surface area contributed by atoms with Crippen molar-refractivity contribution in [3.8, 4) is 0 Å². The molecule has 0 aromatic heterocycles. The maximum atomic E-state index is 4.77. The molecule has 2 aromatic rings. The van der Waals surface area contributed by atoms with Gasteiger partial charge in [0.2, 0.25) is 0 Å². The van der Waals surface area contributed by atoms with E-state index in [0.29, 0.717) is 0 Å². The number of hydrogen-bond donors (Lipinski definition) is 0. The van der Waals surface area contributed by atoms with Gasteiger partial charge in [0.1, 0.15) is 0 Å². The van der Waals surface area contributed by atoms with Crippen molar-refractivity contribution in [2.75, 3.05) is 0 Å². The molecule has 5 rings (SSSR count). The van der Waals surface area contributed by atoms with Crippen molar-refractivity contribution in [1.82, 2.24) is 0 Å². The van der Waals surface area contributed by atoms with E-state index >= 15 is 0 Å². The van der Waals surface area contributed by atoms with Crippen molar-refractivity contribution >= 4 is 12.2 Å². The molecule has 0 amide bonds. The summed E-state index contributed by atoms with van der Waals surface area (Å²) in [6.45, 7) is 0. The molecule has 0 spiro atoms. The van der Waals surface area contributed by atoms with Crippen LogP contribution in [0.3, 0.4) is 0 Å². The smallest absolute Gasteiger partial charge is 0.0901 e. The summed E-state index contributed by atoms with van der Waals surface area (Å²) in [7, 11) is 0. The fourth-order valence-corrected chi connectivity index (χ4v) is 3.71. The highest BCUT2D eigenvalue weighted by atomic mass is 16.5. The van der Waals surface area contributed by atoms with Gasteiger partial charge in [-0.3, -0.25) is 0 Å². The first-order valence-electron chi connectivity index (χ1n) is 8.98. The molecular formula is C24H22O. The molecule has 25 heavy (non-hydrogen) atoms. The maximum Gasteiger partial charge on any atom is 0.0901 e. The fraction of sp³-hybridized carbons (Fsp3) is 0.167. The quantitative estimate of drug-likeness (QED) is 0.710. The summed E-state index contributed by atoms with van der Waals surface area (Å²) in [6.07, 6.45) is 20.4. The van der Waals surface area contributed by atoms with E-state index in [9.17, 15) is 0 Å². The van der Waals surface area contributed by atoms with Gasteiger partial charge in [0, 0.05) is 0 Å². The van der Waals surface area contributed by atoms with Crippen LogP contribution < -0.4 is 10.4 Å². The Labute approximate surface area is 148 Å². The lowest BCUT2D eigenvalue weighted by Gasteiger charge is -2.16. The summed E-state index contributed by atoms with van der Waals surface area (Å²) < 4.78 is 4.77. The van der Waals surface area contributed by atoms with E-state index in [2.05, 4.69) is 48.6 Å². The second-order valence-electron chi connectivity index (χ2n) is 6.43. The Hall–Kier alpha value is -2.80. The van der Waals surface area contributed by atoms with Gasteiger partial charge in [-0.15, -0.1) is 0 Å². The Bertz CT molecular complexity index is 1050. The molecule has 0 unspecified atom stereocenters. The molecule has 0 saturated carbocycles. The molecule has 1 aliphatic heterocycles. The van der Waals surface area contributed by atoms with E-state index in [4.69, 9.17) is 4.74 Å². The van der Waals surface area contributed by atoms with Crippen LogP contribution >= 0.6 is 0 Å². The van der Waals surface area contributed by atoms with Gasteiger partial charge in [0.25, 0.3) is 0 Å². The summed E-state index contributed by atoms with van der Waals surface area (Å²) in [5.74, 6) is 0. The Morgan fingerprint density at radius 3 is 2.40 bits per heavy atom. The van der Waals surface area contributed by atoms with Gasteiger partial charge < -0.3 is 4.74 Å². The zero-order chi connectivity index (χ0) is 16.9. The standard InChI is InChI=1S/C18H16.C6H6O/c1-3-7-15-13(5-1)9-11-18-16-8-4-2-6-14(16)10-12-17(15)18;1-2-4-6-7-5-3-1/h1,3,5-7,9-10,12H,2,4,8,11H2;1-6H. The number of ether oxygens (including phenoxy) is 1. The monoisotopic (exact) mass is 326 g/mol. The summed E-state index contributed by atoms with van der Waals surface area (Å²) >= 11 is 0. The fourth-order valence-electron chi connectivity index (χ4n) is 3.71. The third kappa shape index (κ3) is 3.36. The van der Waals surface area contributed by atoms with Crippen LogP contribution in [0.15, 0.2) is 73.2 Å². The van der Waals surface area contributed by atoms with Crippen LogP contribution in [-0.2, 0) is 17.6 Å². The Balaban J connectivity index is 0.000000190. The van der Waals surface area contributed by atoms with E-state index in [-0.39, 0.29) is 0 Å². The van der Waals surface area contributed by atoms with Crippen molar-refractivity contribution in [3.05, 3.63) is 105 Å². The van der Waals surface area contributed by atoms with Crippen molar-refractivity contribution < 1.29 is 4.74 Å². The first-order valence-corrected chi connectivity index (χ1v) is 8.98. The van der Waals surface area contributed by atoms with E-state index in [1.165, 1.54) is 40.1 Å². The average Bonchev–Trinajstić information content (AvgIpc) is 3.01. The molecule has 1 heterocycles. The Kier molecular flexibility index (Phi) is 4.65. The summed E-state index contributed by atoms with van der Waals surface area (Å²) in [5.41, 5.74) is 3.17.